The lowest BCUT2D eigenvalue weighted by Gasteiger charge is -2.10. The second-order valence-corrected chi connectivity index (χ2v) is 4.46. The van der Waals surface area contributed by atoms with Crippen LogP contribution in [0.5, 0.6) is 0 Å². The highest BCUT2D eigenvalue weighted by Gasteiger charge is 2.21. The number of alkyl halides is 1. The summed E-state index contributed by atoms with van der Waals surface area (Å²) in [7, 11) is 0. The van der Waals surface area contributed by atoms with E-state index in [1.165, 1.54) is 12.3 Å². The van der Waals surface area contributed by atoms with Crippen molar-refractivity contribution in [2.45, 2.75) is 5.38 Å². The summed E-state index contributed by atoms with van der Waals surface area (Å²) in [6, 6.07) is 2.72. The third kappa shape index (κ3) is 2.35. The molecule has 0 bridgehead atoms. The lowest BCUT2D eigenvalue weighted by atomic mass is 10.1. The van der Waals surface area contributed by atoms with Crippen LogP contribution in [0.3, 0.4) is 0 Å². The molecule has 0 spiro atoms. The molecule has 1 heterocycles. The van der Waals surface area contributed by atoms with Gasteiger partial charge in [0.2, 0.25) is 0 Å². The maximum Gasteiger partial charge on any atom is 0.173 e. The van der Waals surface area contributed by atoms with Gasteiger partial charge < -0.3 is 4.42 Å². The van der Waals surface area contributed by atoms with E-state index in [4.69, 9.17) is 16.0 Å². The van der Waals surface area contributed by atoms with Crippen molar-refractivity contribution in [3.8, 4) is 0 Å². The van der Waals surface area contributed by atoms with Crippen LogP contribution in [0.15, 0.2) is 33.5 Å². The summed E-state index contributed by atoms with van der Waals surface area (Å²) in [4.78, 5) is 0. The molecule has 2 rings (SSSR count). The first-order valence-electron chi connectivity index (χ1n) is 4.52. The summed E-state index contributed by atoms with van der Waals surface area (Å²) in [5.41, 5.74) is 0.296. The quantitative estimate of drug-likeness (QED) is 0.572. The summed E-state index contributed by atoms with van der Waals surface area (Å²) in [6.45, 7) is 0. The molecule has 1 nitrogen and oxygen atoms in total. The van der Waals surface area contributed by atoms with Crippen LogP contribution in [0.1, 0.15) is 16.5 Å². The van der Waals surface area contributed by atoms with E-state index in [0.29, 0.717) is 16.3 Å². The van der Waals surface area contributed by atoms with Crippen molar-refractivity contribution >= 4 is 27.5 Å². The Bertz CT molecular complexity index is 556. The number of benzene rings is 1. The van der Waals surface area contributed by atoms with Gasteiger partial charge in [-0.05, 0) is 28.1 Å². The average Bonchev–Trinajstić information content (AvgIpc) is 2.69. The predicted octanol–water partition coefficient (Wildman–Crippen LogP) is 4.79. The van der Waals surface area contributed by atoms with Crippen molar-refractivity contribution in [2.75, 3.05) is 0 Å². The first-order chi connectivity index (χ1) is 8.00. The minimum absolute atomic E-state index is 0.146. The lowest BCUT2D eigenvalue weighted by molar-refractivity contribution is 0.490. The summed E-state index contributed by atoms with van der Waals surface area (Å²) < 4.78 is 44.5. The maximum atomic E-state index is 13.5. The molecule has 2 aromatic rings. The SMILES string of the molecule is Fc1cc(F)c(C(Cl)c2ccoc2Br)cc1F. The number of hydrogen-bond donors (Lipinski definition) is 0. The minimum Gasteiger partial charge on any atom is -0.457 e. The minimum atomic E-state index is -1.25. The van der Waals surface area contributed by atoms with E-state index in [1.54, 1.807) is 0 Å². The van der Waals surface area contributed by atoms with Crippen LogP contribution in [0.25, 0.3) is 0 Å². The van der Waals surface area contributed by atoms with Crippen LogP contribution >= 0.6 is 27.5 Å². The van der Waals surface area contributed by atoms with Gasteiger partial charge in [-0.25, -0.2) is 13.2 Å². The molecular formula is C11H5BrClF3O. The van der Waals surface area contributed by atoms with E-state index in [0.717, 1.165) is 6.07 Å². The van der Waals surface area contributed by atoms with Gasteiger partial charge in [-0.15, -0.1) is 11.6 Å². The second-order valence-electron chi connectivity index (χ2n) is 3.30. The Labute approximate surface area is 108 Å². The molecule has 0 saturated carbocycles. The van der Waals surface area contributed by atoms with Crippen LogP contribution in [-0.2, 0) is 0 Å². The highest BCUT2D eigenvalue weighted by molar-refractivity contribution is 9.10. The fourth-order valence-corrected chi connectivity index (χ4v) is 2.32. The smallest absolute Gasteiger partial charge is 0.173 e. The molecule has 0 aliphatic heterocycles. The number of hydrogen-bond acceptors (Lipinski definition) is 1. The normalized spacial score (nSPS) is 12.8. The van der Waals surface area contributed by atoms with Crippen molar-refractivity contribution in [1.82, 2.24) is 0 Å². The van der Waals surface area contributed by atoms with E-state index in [2.05, 4.69) is 15.9 Å². The van der Waals surface area contributed by atoms with Crippen LogP contribution in [-0.4, -0.2) is 0 Å². The van der Waals surface area contributed by atoms with Gasteiger partial charge in [-0.2, -0.15) is 0 Å². The zero-order valence-corrected chi connectivity index (χ0v) is 10.5. The zero-order chi connectivity index (χ0) is 12.6. The highest BCUT2D eigenvalue weighted by atomic mass is 79.9. The van der Waals surface area contributed by atoms with Gasteiger partial charge in [0, 0.05) is 17.2 Å². The maximum absolute atomic E-state index is 13.5. The summed E-state index contributed by atoms with van der Waals surface area (Å²) in [5, 5.41) is -0.960. The Hall–Kier alpha value is -0.940. The molecule has 0 saturated heterocycles. The zero-order valence-electron chi connectivity index (χ0n) is 8.18. The van der Waals surface area contributed by atoms with E-state index >= 15 is 0 Å². The molecule has 0 radical (unpaired) electrons. The third-order valence-corrected chi connectivity index (χ3v) is 3.35. The molecule has 1 unspecified atom stereocenters. The summed E-state index contributed by atoms with van der Waals surface area (Å²) in [5.74, 6) is -3.30. The van der Waals surface area contributed by atoms with Gasteiger partial charge in [0.25, 0.3) is 0 Å². The van der Waals surface area contributed by atoms with Gasteiger partial charge >= 0.3 is 0 Å². The Balaban J connectivity index is 2.48. The van der Waals surface area contributed by atoms with Crippen LogP contribution < -0.4 is 0 Å². The predicted molar refractivity (Wildman–Crippen MR) is 60.4 cm³/mol. The van der Waals surface area contributed by atoms with Crippen LogP contribution in [0.4, 0.5) is 13.2 Å². The Morgan fingerprint density at radius 3 is 2.29 bits per heavy atom. The van der Waals surface area contributed by atoms with E-state index in [1.807, 2.05) is 0 Å². The molecular weight excluding hydrogens is 320 g/mol. The molecule has 0 amide bonds. The van der Waals surface area contributed by atoms with Gasteiger partial charge in [0.1, 0.15) is 5.82 Å². The molecule has 0 N–H and O–H groups in total. The Kier molecular flexibility index (Phi) is 3.49. The van der Waals surface area contributed by atoms with E-state index in [-0.39, 0.29) is 5.56 Å². The van der Waals surface area contributed by atoms with Crippen molar-refractivity contribution in [2.24, 2.45) is 0 Å². The van der Waals surface area contributed by atoms with Gasteiger partial charge in [0.15, 0.2) is 16.3 Å². The number of furan rings is 1. The van der Waals surface area contributed by atoms with Crippen molar-refractivity contribution < 1.29 is 17.6 Å². The van der Waals surface area contributed by atoms with Crippen molar-refractivity contribution in [1.29, 1.82) is 0 Å². The molecule has 1 atom stereocenters. The van der Waals surface area contributed by atoms with Gasteiger partial charge in [-0.3, -0.25) is 0 Å². The molecule has 6 heteroatoms. The molecule has 0 fully saturated rings. The fourth-order valence-electron chi connectivity index (χ4n) is 1.38. The fraction of sp³-hybridized carbons (Fsp3) is 0.0909. The summed E-state index contributed by atoms with van der Waals surface area (Å²) >= 11 is 9.07. The number of rotatable bonds is 2. The van der Waals surface area contributed by atoms with Crippen molar-refractivity contribution in [3.05, 3.63) is 57.7 Å². The van der Waals surface area contributed by atoms with E-state index in [9.17, 15) is 13.2 Å². The van der Waals surface area contributed by atoms with Crippen molar-refractivity contribution in [3.63, 3.8) is 0 Å². The molecule has 90 valence electrons. The second kappa shape index (κ2) is 4.74. The van der Waals surface area contributed by atoms with Gasteiger partial charge in [-0.1, -0.05) is 0 Å². The Morgan fingerprint density at radius 2 is 1.71 bits per heavy atom. The Morgan fingerprint density at radius 1 is 1.06 bits per heavy atom. The molecule has 0 aliphatic rings. The van der Waals surface area contributed by atoms with Gasteiger partial charge in [0.05, 0.1) is 11.6 Å². The van der Waals surface area contributed by atoms with Crippen LogP contribution in [0.2, 0.25) is 0 Å². The standard InChI is InChI=1S/C11H5BrClF3O/c12-11-5(1-2-17-11)10(13)6-3-8(15)9(16)4-7(6)14/h1-4,10H. The molecule has 1 aromatic carbocycles. The van der Waals surface area contributed by atoms with E-state index < -0.39 is 22.8 Å². The third-order valence-electron chi connectivity index (χ3n) is 2.23. The average molecular weight is 326 g/mol. The highest BCUT2D eigenvalue weighted by Crippen LogP contribution is 2.36. The number of halogens is 5. The molecule has 0 aliphatic carbocycles. The molecule has 1 aromatic heterocycles. The van der Waals surface area contributed by atoms with Crippen LogP contribution in [0, 0.1) is 17.5 Å². The topological polar surface area (TPSA) is 13.1 Å². The first kappa shape index (κ1) is 12.5. The monoisotopic (exact) mass is 324 g/mol. The lowest BCUT2D eigenvalue weighted by Crippen LogP contribution is -1.99. The largest absolute Gasteiger partial charge is 0.457 e. The molecule has 17 heavy (non-hydrogen) atoms. The first-order valence-corrected chi connectivity index (χ1v) is 5.75. The summed E-state index contributed by atoms with van der Waals surface area (Å²) in [6.07, 6.45) is 1.35.